The maximum absolute atomic E-state index is 13.5. The van der Waals surface area contributed by atoms with E-state index in [-0.39, 0.29) is 11.7 Å². The van der Waals surface area contributed by atoms with E-state index in [9.17, 15) is 14.3 Å². The Kier molecular flexibility index (Phi) is 5.87. The number of aliphatic carboxylic acids is 1. The zero-order chi connectivity index (χ0) is 22.8. The monoisotopic (exact) mass is 463 g/mol. The molecule has 1 fully saturated rings. The van der Waals surface area contributed by atoms with Crippen molar-refractivity contribution in [1.82, 2.24) is 15.0 Å². The smallest absolute Gasteiger partial charge is 0.306 e. The molecule has 0 atom stereocenters. The van der Waals surface area contributed by atoms with Crippen LogP contribution in [0.5, 0.6) is 0 Å². The van der Waals surface area contributed by atoms with Crippen molar-refractivity contribution in [2.45, 2.75) is 19.4 Å². The van der Waals surface area contributed by atoms with Gasteiger partial charge in [0.05, 0.1) is 23.5 Å². The lowest BCUT2D eigenvalue weighted by atomic mass is 9.97. The van der Waals surface area contributed by atoms with E-state index in [0.717, 1.165) is 27.0 Å². The molecular formula is C24H22FN5O2S. The molecule has 4 heterocycles. The number of nitrogens with one attached hydrogen (secondary N) is 1. The topological polar surface area (TPSA) is 91.2 Å². The first kappa shape index (κ1) is 21.3. The van der Waals surface area contributed by atoms with Crippen LogP contribution in [0.1, 0.15) is 18.5 Å². The van der Waals surface area contributed by atoms with Crippen molar-refractivity contribution < 1.29 is 14.3 Å². The van der Waals surface area contributed by atoms with Crippen LogP contribution < -0.4 is 10.2 Å². The minimum absolute atomic E-state index is 0.282. The van der Waals surface area contributed by atoms with E-state index in [1.54, 1.807) is 18.3 Å². The number of carboxylic acid groups (broad SMARTS) is 1. The summed E-state index contributed by atoms with van der Waals surface area (Å²) in [5.74, 6) is -0.0801. The summed E-state index contributed by atoms with van der Waals surface area (Å²) in [4.78, 5) is 28.2. The molecule has 0 bridgehead atoms. The Balaban J connectivity index is 1.52. The van der Waals surface area contributed by atoms with Crippen molar-refractivity contribution >= 4 is 39.3 Å². The van der Waals surface area contributed by atoms with E-state index in [2.05, 4.69) is 10.3 Å². The van der Waals surface area contributed by atoms with Crippen molar-refractivity contribution in [3.63, 3.8) is 0 Å². The Morgan fingerprint density at radius 1 is 1.15 bits per heavy atom. The molecule has 1 saturated heterocycles. The van der Waals surface area contributed by atoms with E-state index in [1.165, 1.54) is 23.5 Å². The van der Waals surface area contributed by atoms with Crippen molar-refractivity contribution in [2.24, 2.45) is 5.92 Å². The number of pyridine rings is 1. The predicted octanol–water partition coefficient (Wildman–Crippen LogP) is 4.81. The van der Waals surface area contributed by atoms with Gasteiger partial charge in [-0.2, -0.15) is 4.98 Å². The number of fused-ring (bicyclic) bond motifs is 1. The zero-order valence-electron chi connectivity index (χ0n) is 17.7. The minimum Gasteiger partial charge on any atom is -0.481 e. The SMILES string of the molecule is O=C(O)C1CCN(c2nc(NCc3ccccn3)c3c(-c4ccc(F)cc4)csc3n2)CC1. The van der Waals surface area contributed by atoms with Gasteiger partial charge in [-0.25, -0.2) is 9.37 Å². The summed E-state index contributed by atoms with van der Waals surface area (Å²) in [6.45, 7) is 1.68. The number of aromatic nitrogens is 3. The van der Waals surface area contributed by atoms with Gasteiger partial charge in [0, 0.05) is 30.2 Å². The number of piperidine rings is 1. The second-order valence-corrected chi connectivity index (χ2v) is 8.84. The molecule has 0 spiro atoms. The number of anilines is 2. The maximum atomic E-state index is 13.5. The van der Waals surface area contributed by atoms with Gasteiger partial charge >= 0.3 is 5.97 Å². The van der Waals surface area contributed by atoms with Gasteiger partial charge in [0.15, 0.2) is 0 Å². The van der Waals surface area contributed by atoms with E-state index in [0.29, 0.717) is 44.2 Å². The molecular weight excluding hydrogens is 441 g/mol. The molecule has 0 radical (unpaired) electrons. The Bertz CT molecular complexity index is 1270. The second kappa shape index (κ2) is 9.11. The average Bonchev–Trinajstić information content (AvgIpc) is 3.28. The lowest BCUT2D eigenvalue weighted by Crippen LogP contribution is -2.37. The van der Waals surface area contributed by atoms with Crippen molar-refractivity contribution in [3.8, 4) is 11.1 Å². The lowest BCUT2D eigenvalue weighted by molar-refractivity contribution is -0.142. The number of hydrogen-bond donors (Lipinski definition) is 2. The Morgan fingerprint density at radius 3 is 2.64 bits per heavy atom. The number of benzene rings is 1. The highest BCUT2D eigenvalue weighted by Gasteiger charge is 2.27. The number of nitrogens with zero attached hydrogens (tertiary/aromatic N) is 4. The summed E-state index contributed by atoms with van der Waals surface area (Å²) in [5.41, 5.74) is 2.71. The lowest BCUT2D eigenvalue weighted by Gasteiger charge is -2.30. The van der Waals surface area contributed by atoms with Crippen LogP contribution in [0.15, 0.2) is 54.0 Å². The van der Waals surface area contributed by atoms with Gasteiger partial charge in [0.2, 0.25) is 5.95 Å². The third-order valence-corrected chi connectivity index (χ3v) is 6.74. The molecule has 4 aromatic rings. The number of carboxylic acids is 1. The van der Waals surface area contributed by atoms with Crippen molar-refractivity contribution in [3.05, 3.63) is 65.6 Å². The summed E-state index contributed by atoms with van der Waals surface area (Å²) in [6.07, 6.45) is 2.89. The van der Waals surface area contributed by atoms with Gasteiger partial charge in [0.1, 0.15) is 16.5 Å². The molecule has 2 N–H and O–H groups in total. The normalized spacial score (nSPS) is 14.5. The summed E-state index contributed by atoms with van der Waals surface area (Å²) in [5, 5.41) is 15.6. The summed E-state index contributed by atoms with van der Waals surface area (Å²) in [6, 6.07) is 12.2. The molecule has 1 aromatic carbocycles. The Morgan fingerprint density at radius 2 is 1.94 bits per heavy atom. The molecule has 0 saturated carbocycles. The molecule has 1 aliphatic heterocycles. The molecule has 1 aliphatic rings. The van der Waals surface area contributed by atoms with E-state index in [1.807, 2.05) is 28.5 Å². The van der Waals surface area contributed by atoms with Crippen LogP contribution in [0.25, 0.3) is 21.3 Å². The average molecular weight is 464 g/mol. The molecule has 3 aromatic heterocycles. The fourth-order valence-corrected chi connectivity index (χ4v) is 4.99. The highest BCUT2D eigenvalue weighted by Crippen LogP contribution is 2.38. The van der Waals surface area contributed by atoms with Crippen LogP contribution in [-0.2, 0) is 11.3 Å². The first-order valence-corrected chi connectivity index (χ1v) is 11.6. The molecule has 0 aliphatic carbocycles. The van der Waals surface area contributed by atoms with Crippen LogP contribution in [0, 0.1) is 11.7 Å². The predicted molar refractivity (Wildman–Crippen MR) is 127 cm³/mol. The first-order chi connectivity index (χ1) is 16.1. The van der Waals surface area contributed by atoms with Crippen LogP contribution in [0.2, 0.25) is 0 Å². The molecule has 33 heavy (non-hydrogen) atoms. The number of carbonyl (C=O) groups is 1. The largest absolute Gasteiger partial charge is 0.481 e. The summed E-state index contributed by atoms with van der Waals surface area (Å²) < 4.78 is 13.5. The zero-order valence-corrected chi connectivity index (χ0v) is 18.6. The number of rotatable bonds is 6. The van der Waals surface area contributed by atoms with Crippen molar-refractivity contribution in [1.29, 1.82) is 0 Å². The van der Waals surface area contributed by atoms with Gasteiger partial charge in [-0.15, -0.1) is 11.3 Å². The van der Waals surface area contributed by atoms with Gasteiger partial charge in [-0.1, -0.05) is 18.2 Å². The standard InChI is InChI=1S/C24H22FN5O2S/c25-17-6-4-15(5-7-17)19-14-33-22-20(19)21(27-13-18-3-1-2-10-26-18)28-24(29-22)30-11-8-16(9-12-30)23(31)32/h1-7,10,14,16H,8-9,11-13H2,(H,31,32)(H,27,28,29). The quantitative estimate of drug-likeness (QED) is 0.424. The van der Waals surface area contributed by atoms with Gasteiger partial charge in [0.25, 0.3) is 0 Å². The summed E-state index contributed by atoms with van der Waals surface area (Å²) in [7, 11) is 0. The van der Waals surface area contributed by atoms with Crippen LogP contribution in [-0.4, -0.2) is 39.1 Å². The molecule has 0 unspecified atom stereocenters. The number of thiophene rings is 1. The van der Waals surface area contributed by atoms with E-state index in [4.69, 9.17) is 9.97 Å². The van der Waals surface area contributed by atoms with Gasteiger partial charge < -0.3 is 15.3 Å². The fourth-order valence-electron chi connectivity index (χ4n) is 4.05. The Labute approximate surface area is 194 Å². The number of halogens is 1. The molecule has 5 rings (SSSR count). The maximum Gasteiger partial charge on any atom is 0.306 e. The molecule has 7 nitrogen and oxygen atoms in total. The van der Waals surface area contributed by atoms with Crippen LogP contribution in [0.3, 0.4) is 0 Å². The molecule has 0 amide bonds. The van der Waals surface area contributed by atoms with Gasteiger partial charge in [-0.05, 0) is 42.7 Å². The minimum atomic E-state index is -0.745. The van der Waals surface area contributed by atoms with Crippen molar-refractivity contribution in [2.75, 3.05) is 23.3 Å². The molecule has 168 valence electrons. The Hall–Kier alpha value is -3.59. The number of hydrogen-bond acceptors (Lipinski definition) is 7. The van der Waals surface area contributed by atoms with E-state index < -0.39 is 5.97 Å². The van der Waals surface area contributed by atoms with Crippen LogP contribution in [0.4, 0.5) is 16.2 Å². The van der Waals surface area contributed by atoms with E-state index >= 15 is 0 Å². The first-order valence-electron chi connectivity index (χ1n) is 10.7. The third-order valence-electron chi connectivity index (χ3n) is 5.87. The highest BCUT2D eigenvalue weighted by atomic mass is 32.1. The summed E-state index contributed by atoms with van der Waals surface area (Å²) >= 11 is 1.51. The third kappa shape index (κ3) is 4.49. The van der Waals surface area contributed by atoms with Crippen LogP contribution >= 0.6 is 11.3 Å². The highest BCUT2D eigenvalue weighted by molar-refractivity contribution is 7.17. The molecule has 9 heteroatoms. The van der Waals surface area contributed by atoms with Gasteiger partial charge in [-0.3, -0.25) is 9.78 Å². The fraction of sp³-hybridized carbons (Fsp3) is 0.250. The second-order valence-electron chi connectivity index (χ2n) is 7.98.